The van der Waals surface area contributed by atoms with E-state index in [1.165, 1.54) is 42.6 Å². The zero-order chi connectivity index (χ0) is 13.2. The molecule has 0 bridgehead atoms. The van der Waals surface area contributed by atoms with Crippen molar-refractivity contribution in [2.45, 2.75) is 39.2 Å². The fraction of sp³-hybridized carbons (Fsp3) is 0.471. The molecule has 100 valence electrons. The van der Waals surface area contributed by atoms with Crippen molar-refractivity contribution in [1.82, 2.24) is 9.88 Å². The van der Waals surface area contributed by atoms with E-state index in [0.29, 0.717) is 5.92 Å². The molecule has 2 heterocycles. The number of pyridine rings is 1. The minimum Gasteiger partial charge on any atom is -0.299 e. The van der Waals surface area contributed by atoms with Gasteiger partial charge < -0.3 is 0 Å². The van der Waals surface area contributed by atoms with Crippen molar-refractivity contribution in [3.8, 4) is 0 Å². The van der Waals surface area contributed by atoms with Gasteiger partial charge in [0.2, 0.25) is 0 Å². The average Bonchev–Trinajstić information content (AvgIpc) is 2.91. The molecule has 1 fully saturated rings. The van der Waals surface area contributed by atoms with Gasteiger partial charge in [0.25, 0.3) is 0 Å². The van der Waals surface area contributed by atoms with E-state index < -0.39 is 0 Å². The number of rotatable bonds is 3. The topological polar surface area (TPSA) is 16.1 Å². The lowest BCUT2D eigenvalue weighted by atomic mass is 10.1. The molecule has 0 spiro atoms. The summed E-state index contributed by atoms with van der Waals surface area (Å²) in [6.07, 6.45) is 2.71. The van der Waals surface area contributed by atoms with Gasteiger partial charge in [0.15, 0.2) is 0 Å². The standard InChI is InChI=1S/C17H22N2/c1-13(2)16-8-6-15-11-14(5-7-17(15)18-16)12-19-9-3-4-10-19/h5-8,11,13H,3-4,9-10,12H2,1-2H3. The molecule has 1 aromatic heterocycles. The highest BCUT2D eigenvalue weighted by molar-refractivity contribution is 5.79. The maximum absolute atomic E-state index is 4.73. The smallest absolute Gasteiger partial charge is 0.0705 e. The van der Waals surface area contributed by atoms with Crippen LogP contribution in [0.1, 0.15) is 43.9 Å². The molecule has 2 nitrogen and oxygen atoms in total. The summed E-state index contributed by atoms with van der Waals surface area (Å²) in [5, 5.41) is 1.26. The van der Waals surface area contributed by atoms with Gasteiger partial charge in [-0.25, -0.2) is 0 Å². The lowest BCUT2D eigenvalue weighted by molar-refractivity contribution is 0.331. The molecule has 1 aliphatic heterocycles. The second kappa shape index (κ2) is 5.30. The fourth-order valence-corrected chi connectivity index (χ4v) is 2.81. The van der Waals surface area contributed by atoms with Crippen molar-refractivity contribution in [3.63, 3.8) is 0 Å². The highest BCUT2D eigenvalue weighted by Crippen LogP contribution is 2.20. The molecular weight excluding hydrogens is 232 g/mol. The van der Waals surface area contributed by atoms with Crippen LogP contribution in [-0.2, 0) is 6.54 Å². The van der Waals surface area contributed by atoms with Gasteiger partial charge >= 0.3 is 0 Å². The Kier molecular flexibility index (Phi) is 3.52. The van der Waals surface area contributed by atoms with Crippen LogP contribution in [-0.4, -0.2) is 23.0 Å². The molecule has 0 saturated carbocycles. The van der Waals surface area contributed by atoms with Crippen LogP contribution in [0.2, 0.25) is 0 Å². The molecule has 1 saturated heterocycles. The maximum atomic E-state index is 4.73. The number of likely N-dealkylation sites (tertiary alicyclic amines) is 1. The van der Waals surface area contributed by atoms with E-state index in [1.54, 1.807) is 0 Å². The normalized spacial score (nSPS) is 16.6. The highest BCUT2D eigenvalue weighted by Gasteiger charge is 2.12. The molecule has 19 heavy (non-hydrogen) atoms. The first-order valence-electron chi connectivity index (χ1n) is 7.34. The molecule has 1 aliphatic rings. The summed E-state index contributed by atoms with van der Waals surface area (Å²) in [6, 6.07) is 11.1. The van der Waals surface area contributed by atoms with E-state index in [9.17, 15) is 0 Å². The molecule has 0 N–H and O–H groups in total. The van der Waals surface area contributed by atoms with Gasteiger partial charge in [0.05, 0.1) is 5.52 Å². The number of nitrogens with zero attached hydrogens (tertiary/aromatic N) is 2. The first kappa shape index (κ1) is 12.6. The molecule has 1 aromatic carbocycles. The van der Waals surface area contributed by atoms with E-state index >= 15 is 0 Å². The van der Waals surface area contributed by atoms with Crippen LogP contribution >= 0.6 is 0 Å². The molecule has 0 amide bonds. The summed E-state index contributed by atoms with van der Waals surface area (Å²) < 4.78 is 0. The number of aromatic nitrogens is 1. The lowest BCUT2D eigenvalue weighted by Crippen LogP contribution is -2.18. The SMILES string of the molecule is CC(C)c1ccc2cc(CN3CCCC3)ccc2n1. The zero-order valence-corrected chi connectivity index (χ0v) is 11.9. The Morgan fingerprint density at radius 3 is 2.63 bits per heavy atom. The van der Waals surface area contributed by atoms with Gasteiger partial charge in [-0.1, -0.05) is 26.0 Å². The quantitative estimate of drug-likeness (QED) is 0.824. The van der Waals surface area contributed by atoms with E-state index in [2.05, 4.69) is 49.1 Å². The van der Waals surface area contributed by atoms with Gasteiger partial charge in [0.1, 0.15) is 0 Å². The van der Waals surface area contributed by atoms with Crippen molar-refractivity contribution in [3.05, 3.63) is 41.6 Å². The molecule has 2 heteroatoms. The van der Waals surface area contributed by atoms with Crippen LogP contribution in [0, 0.1) is 0 Å². The van der Waals surface area contributed by atoms with E-state index in [1.807, 2.05) is 0 Å². The van der Waals surface area contributed by atoms with Crippen LogP contribution in [0.3, 0.4) is 0 Å². The third-order valence-corrected chi connectivity index (χ3v) is 3.97. The highest BCUT2D eigenvalue weighted by atomic mass is 15.1. The van der Waals surface area contributed by atoms with Crippen molar-refractivity contribution >= 4 is 10.9 Å². The molecular formula is C17H22N2. The fourth-order valence-electron chi connectivity index (χ4n) is 2.81. The molecule has 0 atom stereocenters. The van der Waals surface area contributed by atoms with E-state index in [-0.39, 0.29) is 0 Å². The molecule has 3 rings (SSSR count). The lowest BCUT2D eigenvalue weighted by Gasteiger charge is -2.15. The van der Waals surface area contributed by atoms with Crippen LogP contribution in [0.15, 0.2) is 30.3 Å². The Balaban J connectivity index is 1.86. The number of fused-ring (bicyclic) bond motifs is 1. The van der Waals surface area contributed by atoms with Crippen molar-refractivity contribution in [2.75, 3.05) is 13.1 Å². The maximum Gasteiger partial charge on any atom is 0.0705 e. The summed E-state index contributed by atoms with van der Waals surface area (Å²) in [5.74, 6) is 0.494. The molecule has 0 unspecified atom stereocenters. The predicted molar refractivity (Wildman–Crippen MR) is 80.3 cm³/mol. The third-order valence-electron chi connectivity index (χ3n) is 3.97. The van der Waals surface area contributed by atoms with Crippen LogP contribution in [0.5, 0.6) is 0 Å². The largest absolute Gasteiger partial charge is 0.299 e. The predicted octanol–water partition coefficient (Wildman–Crippen LogP) is 3.95. The van der Waals surface area contributed by atoms with E-state index in [0.717, 1.165) is 12.1 Å². The van der Waals surface area contributed by atoms with Gasteiger partial charge in [-0.15, -0.1) is 0 Å². The van der Waals surface area contributed by atoms with Crippen LogP contribution < -0.4 is 0 Å². The Bertz CT molecular complexity index is 568. The van der Waals surface area contributed by atoms with Gasteiger partial charge in [-0.2, -0.15) is 0 Å². The summed E-state index contributed by atoms with van der Waals surface area (Å²) >= 11 is 0. The minimum atomic E-state index is 0.494. The zero-order valence-electron chi connectivity index (χ0n) is 11.9. The van der Waals surface area contributed by atoms with Crippen LogP contribution in [0.25, 0.3) is 10.9 Å². The minimum absolute atomic E-state index is 0.494. The monoisotopic (exact) mass is 254 g/mol. The summed E-state index contributed by atoms with van der Waals surface area (Å²) in [7, 11) is 0. The van der Waals surface area contributed by atoms with Crippen molar-refractivity contribution in [2.24, 2.45) is 0 Å². The van der Waals surface area contributed by atoms with E-state index in [4.69, 9.17) is 4.98 Å². The Morgan fingerprint density at radius 1 is 1.11 bits per heavy atom. The average molecular weight is 254 g/mol. The molecule has 0 radical (unpaired) electrons. The second-order valence-corrected chi connectivity index (χ2v) is 5.90. The first-order valence-corrected chi connectivity index (χ1v) is 7.34. The van der Waals surface area contributed by atoms with Gasteiger partial charge in [-0.05, 0) is 55.6 Å². The molecule has 0 aliphatic carbocycles. The Labute approximate surface area is 115 Å². The Hall–Kier alpha value is -1.41. The molecule has 2 aromatic rings. The second-order valence-electron chi connectivity index (χ2n) is 5.90. The number of benzene rings is 1. The summed E-state index contributed by atoms with van der Waals surface area (Å²) in [4.78, 5) is 7.27. The number of hydrogen-bond acceptors (Lipinski definition) is 2. The third kappa shape index (κ3) is 2.79. The van der Waals surface area contributed by atoms with Gasteiger partial charge in [0, 0.05) is 17.6 Å². The van der Waals surface area contributed by atoms with Crippen molar-refractivity contribution in [1.29, 1.82) is 0 Å². The first-order chi connectivity index (χ1) is 9.22. The summed E-state index contributed by atoms with van der Waals surface area (Å²) in [5.41, 5.74) is 3.71. The Morgan fingerprint density at radius 2 is 1.89 bits per heavy atom. The number of hydrogen-bond donors (Lipinski definition) is 0. The summed E-state index contributed by atoms with van der Waals surface area (Å²) in [6.45, 7) is 7.97. The van der Waals surface area contributed by atoms with Gasteiger partial charge in [-0.3, -0.25) is 9.88 Å². The van der Waals surface area contributed by atoms with Crippen molar-refractivity contribution < 1.29 is 0 Å². The van der Waals surface area contributed by atoms with Crippen LogP contribution in [0.4, 0.5) is 0 Å².